The highest BCUT2D eigenvalue weighted by Crippen LogP contribution is 2.29. The molecule has 0 aliphatic carbocycles. The maximum atomic E-state index is 5.98. The van der Waals surface area contributed by atoms with Crippen LogP contribution in [0.4, 0.5) is 0 Å². The molecule has 0 unspecified atom stereocenters. The number of rotatable bonds is 7. The minimum absolute atomic E-state index is 0.743. The van der Waals surface area contributed by atoms with Gasteiger partial charge in [0.2, 0.25) is 0 Å². The van der Waals surface area contributed by atoms with Gasteiger partial charge in [0.25, 0.3) is 0 Å². The summed E-state index contributed by atoms with van der Waals surface area (Å²) in [6.45, 7) is 5.08. The zero-order valence-electron chi connectivity index (χ0n) is 16.3. The van der Waals surface area contributed by atoms with Crippen molar-refractivity contribution in [3.8, 4) is 10.6 Å². The number of aromatic nitrogens is 4. The van der Waals surface area contributed by atoms with E-state index < -0.39 is 0 Å². The van der Waals surface area contributed by atoms with Gasteiger partial charge in [-0.25, -0.2) is 4.98 Å². The van der Waals surface area contributed by atoms with Crippen molar-refractivity contribution >= 4 is 34.7 Å². The third-order valence-corrected chi connectivity index (χ3v) is 6.84. The van der Waals surface area contributed by atoms with Crippen LogP contribution in [-0.2, 0) is 18.7 Å². The number of thiazole rings is 1. The van der Waals surface area contributed by atoms with Gasteiger partial charge in [0, 0.05) is 34.7 Å². The standard InChI is InChI=1S/C22H21ClN4S2/c1-3-27-20(12-16-8-10-17(23)11-9-16)25-26-22(27)29-14-18-13-28-21(24-18)19-7-5-4-6-15(19)2/h4-11,13H,3,12,14H2,1-2H3. The third-order valence-electron chi connectivity index (χ3n) is 4.66. The second-order valence-electron chi connectivity index (χ2n) is 6.69. The van der Waals surface area contributed by atoms with Gasteiger partial charge in [-0.2, -0.15) is 0 Å². The molecule has 4 aromatic rings. The molecule has 0 bridgehead atoms. The Morgan fingerprint density at radius 2 is 1.86 bits per heavy atom. The molecule has 2 heterocycles. The van der Waals surface area contributed by atoms with Crippen LogP contribution in [-0.4, -0.2) is 19.7 Å². The Balaban J connectivity index is 1.46. The van der Waals surface area contributed by atoms with Crippen LogP contribution in [0.1, 0.15) is 29.6 Å². The maximum Gasteiger partial charge on any atom is 0.191 e. The third kappa shape index (κ3) is 4.71. The fraction of sp³-hybridized carbons (Fsp3) is 0.227. The Morgan fingerprint density at radius 3 is 2.62 bits per heavy atom. The lowest BCUT2D eigenvalue weighted by Gasteiger charge is -2.07. The molecular weight excluding hydrogens is 420 g/mol. The first-order valence-corrected chi connectivity index (χ1v) is 11.7. The van der Waals surface area contributed by atoms with Gasteiger partial charge < -0.3 is 4.57 Å². The summed E-state index contributed by atoms with van der Waals surface area (Å²) in [6, 6.07) is 16.3. The molecule has 148 valence electrons. The van der Waals surface area contributed by atoms with Crippen molar-refractivity contribution in [1.82, 2.24) is 19.7 Å². The smallest absolute Gasteiger partial charge is 0.191 e. The van der Waals surface area contributed by atoms with Gasteiger partial charge >= 0.3 is 0 Å². The van der Waals surface area contributed by atoms with Gasteiger partial charge in [0.15, 0.2) is 5.16 Å². The van der Waals surface area contributed by atoms with Crippen molar-refractivity contribution in [2.45, 2.75) is 37.7 Å². The number of aryl methyl sites for hydroxylation is 1. The molecule has 4 nitrogen and oxygen atoms in total. The number of halogens is 1. The van der Waals surface area contributed by atoms with Gasteiger partial charge in [-0.05, 0) is 37.1 Å². The molecule has 0 fully saturated rings. The first-order valence-electron chi connectivity index (χ1n) is 9.43. The summed E-state index contributed by atoms with van der Waals surface area (Å²) >= 11 is 9.36. The Bertz CT molecular complexity index is 1100. The van der Waals surface area contributed by atoms with Crippen molar-refractivity contribution < 1.29 is 0 Å². The molecular formula is C22H21ClN4S2. The Labute approximate surface area is 184 Å². The largest absolute Gasteiger partial charge is 0.306 e. The lowest BCUT2D eigenvalue weighted by molar-refractivity contribution is 0.651. The average Bonchev–Trinajstić information content (AvgIpc) is 3.35. The second-order valence-corrected chi connectivity index (χ2v) is 8.93. The van der Waals surface area contributed by atoms with Crippen molar-refractivity contribution in [2.24, 2.45) is 0 Å². The van der Waals surface area contributed by atoms with E-state index in [2.05, 4.69) is 58.3 Å². The normalized spacial score (nSPS) is 11.1. The first-order chi connectivity index (χ1) is 14.1. The molecule has 0 radical (unpaired) electrons. The number of hydrogen-bond acceptors (Lipinski definition) is 5. The predicted octanol–water partition coefficient (Wildman–Crippen LogP) is 6.27. The molecule has 0 saturated carbocycles. The minimum Gasteiger partial charge on any atom is -0.306 e. The van der Waals surface area contributed by atoms with Gasteiger partial charge in [-0.15, -0.1) is 21.5 Å². The van der Waals surface area contributed by atoms with Crippen LogP contribution in [0, 0.1) is 6.92 Å². The molecule has 0 aliphatic heterocycles. The summed E-state index contributed by atoms with van der Waals surface area (Å²) in [5.74, 6) is 1.75. The monoisotopic (exact) mass is 440 g/mol. The second kappa shape index (κ2) is 9.11. The van der Waals surface area contributed by atoms with E-state index in [1.54, 1.807) is 23.1 Å². The molecule has 0 spiro atoms. The first kappa shape index (κ1) is 20.1. The lowest BCUT2D eigenvalue weighted by atomic mass is 10.1. The molecule has 2 aromatic heterocycles. The minimum atomic E-state index is 0.743. The maximum absolute atomic E-state index is 5.98. The van der Waals surface area contributed by atoms with E-state index >= 15 is 0 Å². The lowest BCUT2D eigenvalue weighted by Crippen LogP contribution is -2.04. The summed E-state index contributed by atoms with van der Waals surface area (Å²) in [4.78, 5) is 4.82. The highest BCUT2D eigenvalue weighted by atomic mass is 35.5. The summed E-state index contributed by atoms with van der Waals surface area (Å²) in [7, 11) is 0. The van der Waals surface area contributed by atoms with Gasteiger partial charge in [0.05, 0.1) is 5.69 Å². The van der Waals surface area contributed by atoms with Gasteiger partial charge in [-0.3, -0.25) is 0 Å². The van der Waals surface area contributed by atoms with Crippen LogP contribution < -0.4 is 0 Å². The fourth-order valence-electron chi connectivity index (χ4n) is 3.11. The zero-order chi connectivity index (χ0) is 20.2. The topological polar surface area (TPSA) is 43.6 Å². The van der Waals surface area contributed by atoms with E-state index in [9.17, 15) is 0 Å². The number of thioether (sulfide) groups is 1. The molecule has 7 heteroatoms. The van der Waals surface area contributed by atoms with Crippen molar-refractivity contribution in [2.75, 3.05) is 0 Å². The summed E-state index contributed by atoms with van der Waals surface area (Å²) < 4.78 is 2.17. The van der Waals surface area contributed by atoms with E-state index in [0.717, 1.165) is 45.4 Å². The van der Waals surface area contributed by atoms with Crippen LogP contribution in [0.3, 0.4) is 0 Å². The zero-order valence-corrected chi connectivity index (χ0v) is 18.7. The quantitative estimate of drug-likeness (QED) is 0.318. The Hall–Kier alpha value is -2.15. The molecule has 4 rings (SSSR count). The van der Waals surface area contributed by atoms with Crippen LogP contribution >= 0.6 is 34.7 Å². The van der Waals surface area contributed by atoms with E-state index in [4.69, 9.17) is 16.6 Å². The summed E-state index contributed by atoms with van der Waals surface area (Å²) in [6.07, 6.45) is 0.743. The van der Waals surface area contributed by atoms with Crippen molar-refractivity contribution in [3.05, 3.63) is 81.6 Å². The Kier molecular flexibility index (Phi) is 6.33. The molecule has 0 atom stereocenters. The SMILES string of the molecule is CCn1c(Cc2ccc(Cl)cc2)nnc1SCc1csc(-c2ccccc2C)n1. The van der Waals surface area contributed by atoms with Crippen LogP contribution in [0.2, 0.25) is 5.02 Å². The number of benzene rings is 2. The highest BCUT2D eigenvalue weighted by molar-refractivity contribution is 7.98. The predicted molar refractivity (Wildman–Crippen MR) is 122 cm³/mol. The fourth-order valence-corrected chi connectivity index (χ4v) is 5.16. The van der Waals surface area contributed by atoms with E-state index in [-0.39, 0.29) is 0 Å². The van der Waals surface area contributed by atoms with Gasteiger partial charge in [0.1, 0.15) is 10.8 Å². The summed E-state index contributed by atoms with van der Waals surface area (Å²) in [5, 5.41) is 13.7. The number of hydrogen-bond donors (Lipinski definition) is 0. The van der Waals surface area contributed by atoms with E-state index in [1.807, 2.05) is 24.3 Å². The average molecular weight is 441 g/mol. The van der Waals surface area contributed by atoms with Crippen LogP contribution in [0.25, 0.3) is 10.6 Å². The molecule has 0 amide bonds. The van der Waals surface area contributed by atoms with Crippen molar-refractivity contribution in [1.29, 1.82) is 0 Å². The highest BCUT2D eigenvalue weighted by Gasteiger charge is 2.13. The number of nitrogens with zero attached hydrogens (tertiary/aromatic N) is 4. The van der Waals surface area contributed by atoms with E-state index in [1.165, 1.54) is 16.7 Å². The molecule has 0 N–H and O–H groups in total. The molecule has 0 saturated heterocycles. The molecule has 2 aromatic carbocycles. The summed E-state index contributed by atoms with van der Waals surface area (Å²) in [5.41, 5.74) is 4.70. The van der Waals surface area contributed by atoms with E-state index in [0.29, 0.717) is 0 Å². The Morgan fingerprint density at radius 1 is 1.07 bits per heavy atom. The molecule has 29 heavy (non-hydrogen) atoms. The van der Waals surface area contributed by atoms with Gasteiger partial charge in [-0.1, -0.05) is 59.8 Å². The van der Waals surface area contributed by atoms with Crippen LogP contribution in [0.5, 0.6) is 0 Å². The van der Waals surface area contributed by atoms with Crippen LogP contribution in [0.15, 0.2) is 59.1 Å². The van der Waals surface area contributed by atoms with Crippen molar-refractivity contribution in [3.63, 3.8) is 0 Å². The molecule has 0 aliphatic rings.